The smallest absolute Gasteiger partial charge is 0.0759 e. The Morgan fingerprint density at radius 1 is 1.36 bits per heavy atom. The number of hydrogen-bond acceptors (Lipinski definition) is 1. The second kappa shape index (κ2) is 4.14. The monoisotopic (exact) mass is 192 g/mol. The first-order valence-electron chi connectivity index (χ1n) is 5.12. The lowest BCUT2D eigenvalue weighted by Gasteiger charge is -2.30. The minimum Gasteiger partial charge on any atom is -0.389 e. The van der Waals surface area contributed by atoms with Crippen molar-refractivity contribution in [1.82, 2.24) is 0 Å². The maximum atomic E-state index is 9.88. The molecule has 0 saturated heterocycles. The van der Waals surface area contributed by atoms with Crippen molar-refractivity contribution in [3.8, 4) is 0 Å². The van der Waals surface area contributed by atoms with Crippen molar-refractivity contribution in [2.24, 2.45) is 5.92 Å². The lowest BCUT2D eigenvalue weighted by atomic mass is 9.78. The normalized spacial score (nSPS) is 27.7. The van der Waals surface area contributed by atoms with E-state index in [4.69, 9.17) is 0 Å². The van der Waals surface area contributed by atoms with Crippen LogP contribution in [0.2, 0.25) is 0 Å². The third kappa shape index (κ3) is 2.16. The molecule has 1 heteroatoms. The summed E-state index contributed by atoms with van der Waals surface area (Å²) in [6.07, 6.45) is 1.50. The molecule has 0 aromatic carbocycles. The fourth-order valence-corrected chi connectivity index (χ4v) is 2.02. The molecule has 1 aliphatic carbocycles. The molecule has 0 heterocycles. The van der Waals surface area contributed by atoms with Gasteiger partial charge in [0.05, 0.1) is 6.10 Å². The van der Waals surface area contributed by atoms with Crippen LogP contribution in [0, 0.1) is 5.92 Å². The third-order valence-electron chi connectivity index (χ3n) is 3.15. The molecule has 0 fully saturated rings. The summed E-state index contributed by atoms with van der Waals surface area (Å²) in [6.45, 7) is 14.0. The maximum absolute atomic E-state index is 9.88. The predicted molar refractivity (Wildman–Crippen MR) is 61.1 cm³/mol. The molecule has 1 nitrogen and oxygen atoms in total. The Morgan fingerprint density at radius 2 is 1.93 bits per heavy atom. The Bertz CT molecular complexity index is 296. The van der Waals surface area contributed by atoms with E-state index >= 15 is 0 Å². The van der Waals surface area contributed by atoms with Crippen molar-refractivity contribution in [2.45, 2.75) is 39.7 Å². The molecule has 0 radical (unpaired) electrons. The van der Waals surface area contributed by atoms with Crippen LogP contribution >= 0.6 is 0 Å². The van der Waals surface area contributed by atoms with E-state index in [0.29, 0.717) is 5.92 Å². The van der Waals surface area contributed by atoms with Crippen LogP contribution in [-0.2, 0) is 0 Å². The van der Waals surface area contributed by atoms with E-state index in [1.54, 1.807) is 0 Å². The van der Waals surface area contributed by atoms with E-state index in [2.05, 4.69) is 13.2 Å². The first-order valence-corrected chi connectivity index (χ1v) is 5.12. The lowest BCUT2D eigenvalue weighted by Crippen LogP contribution is -2.23. The highest BCUT2D eigenvalue weighted by atomic mass is 16.3. The highest BCUT2D eigenvalue weighted by molar-refractivity contribution is 5.36. The van der Waals surface area contributed by atoms with Gasteiger partial charge in [-0.1, -0.05) is 24.3 Å². The molecule has 1 unspecified atom stereocenters. The van der Waals surface area contributed by atoms with E-state index in [-0.39, 0.29) is 6.10 Å². The Morgan fingerprint density at radius 3 is 2.36 bits per heavy atom. The first-order chi connectivity index (χ1) is 6.43. The Balaban J connectivity index is 2.96. The molecule has 0 spiro atoms. The number of aliphatic hydroxyl groups is 1. The van der Waals surface area contributed by atoms with Crippen LogP contribution in [0.25, 0.3) is 0 Å². The van der Waals surface area contributed by atoms with E-state index in [1.807, 2.05) is 20.8 Å². The molecule has 78 valence electrons. The zero-order valence-corrected chi connectivity index (χ0v) is 9.43. The number of allylic oxidation sites excluding steroid dienone is 3. The van der Waals surface area contributed by atoms with Gasteiger partial charge >= 0.3 is 0 Å². The zero-order chi connectivity index (χ0) is 10.9. The van der Waals surface area contributed by atoms with Crippen molar-refractivity contribution in [3.63, 3.8) is 0 Å². The summed E-state index contributed by atoms with van der Waals surface area (Å²) in [5.41, 5.74) is 4.56. The first kappa shape index (κ1) is 11.3. The van der Waals surface area contributed by atoms with Crippen LogP contribution in [0.5, 0.6) is 0 Å². The number of rotatable bonds is 2. The molecule has 0 bridgehead atoms. The molecule has 0 aromatic heterocycles. The van der Waals surface area contributed by atoms with Crippen LogP contribution in [0.15, 0.2) is 35.5 Å². The van der Waals surface area contributed by atoms with E-state index in [9.17, 15) is 5.11 Å². The standard InChI is InChI=1S/C13H20O/c1-8(2)11-6-12(9(3)4)10(5)13(14)7-11/h11,13-14H,1,3,6-7H2,2,4-5H3/t11-,13?/m1/s1. The van der Waals surface area contributed by atoms with Crippen LogP contribution < -0.4 is 0 Å². The van der Waals surface area contributed by atoms with E-state index < -0.39 is 0 Å². The van der Waals surface area contributed by atoms with Gasteiger partial charge in [0.2, 0.25) is 0 Å². The Kier molecular flexibility index (Phi) is 3.33. The second-order valence-electron chi connectivity index (χ2n) is 4.44. The quantitative estimate of drug-likeness (QED) is 0.666. The van der Waals surface area contributed by atoms with Gasteiger partial charge in [-0.2, -0.15) is 0 Å². The summed E-state index contributed by atoms with van der Waals surface area (Å²) in [4.78, 5) is 0. The van der Waals surface area contributed by atoms with E-state index in [1.165, 1.54) is 5.57 Å². The molecule has 0 aromatic rings. The number of hydrogen-bond donors (Lipinski definition) is 1. The average Bonchev–Trinajstić information content (AvgIpc) is 2.08. The van der Waals surface area contributed by atoms with Gasteiger partial charge in [-0.05, 0) is 50.7 Å². The Hall–Kier alpha value is -0.820. The molecule has 0 aliphatic heterocycles. The van der Waals surface area contributed by atoms with Crippen LogP contribution in [0.3, 0.4) is 0 Å². The minimum atomic E-state index is -0.308. The molecule has 1 aliphatic rings. The van der Waals surface area contributed by atoms with Crippen molar-refractivity contribution in [2.75, 3.05) is 0 Å². The minimum absolute atomic E-state index is 0.308. The van der Waals surface area contributed by atoms with Gasteiger partial charge in [0, 0.05) is 0 Å². The molecule has 2 atom stereocenters. The fourth-order valence-electron chi connectivity index (χ4n) is 2.02. The SMILES string of the molecule is C=C(C)C1=C(C)C(O)C[C@H](C(=C)C)C1. The van der Waals surface area contributed by atoms with Crippen molar-refractivity contribution in [1.29, 1.82) is 0 Å². The zero-order valence-electron chi connectivity index (χ0n) is 9.43. The van der Waals surface area contributed by atoms with Gasteiger partial charge in [-0.3, -0.25) is 0 Å². The van der Waals surface area contributed by atoms with E-state index in [0.717, 1.165) is 29.6 Å². The molecule has 0 amide bonds. The highest BCUT2D eigenvalue weighted by Gasteiger charge is 2.25. The van der Waals surface area contributed by atoms with Crippen molar-refractivity contribution < 1.29 is 5.11 Å². The molecular formula is C13H20O. The maximum Gasteiger partial charge on any atom is 0.0759 e. The van der Waals surface area contributed by atoms with Crippen molar-refractivity contribution in [3.05, 3.63) is 35.5 Å². The fraction of sp³-hybridized carbons (Fsp3) is 0.538. The molecular weight excluding hydrogens is 172 g/mol. The Labute approximate surface area is 86.8 Å². The second-order valence-corrected chi connectivity index (χ2v) is 4.44. The summed E-state index contributed by atoms with van der Waals surface area (Å²) in [6, 6.07) is 0. The van der Waals surface area contributed by atoms with Gasteiger partial charge in [-0.15, -0.1) is 0 Å². The molecule has 0 saturated carbocycles. The largest absolute Gasteiger partial charge is 0.389 e. The summed E-state index contributed by atoms with van der Waals surface area (Å²) in [7, 11) is 0. The predicted octanol–water partition coefficient (Wildman–Crippen LogP) is 3.23. The average molecular weight is 192 g/mol. The van der Waals surface area contributed by atoms with Gasteiger partial charge < -0.3 is 5.11 Å². The van der Waals surface area contributed by atoms with Crippen LogP contribution in [0.1, 0.15) is 33.6 Å². The summed E-state index contributed by atoms with van der Waals surface area (Å²) in [5, 5.41) is 9.88. The molecule has 1 N–H and O–H groups in total. The van der Waals surface area contributed by atoms with Gasteiger partial charge in [0.15, 0.2) is 0 Å². The summed E-state index contributed by atoms with van der Waals surface area (Å²) >= 11 is 0. The highest BCUT2D eigenvalue weighted by Crippen LogP contribution is 2.35. The lowest BCUT2D eigenvalue weighted by molar-refractivity contribution is 0.172. The third-order valence-corrected chi connectivity index (χ3v) is 3.15. The van der Waals surface area contributed by atoms with Crippen LogP contribution in [0.4, 0.5) is 0 Å². The number of aliphatic hydroxyl groups excluding tert-OH is 1. The topological polar surface area (TPSA) is 20.2 Å². The summed E-state index contributed by atoms with van der Waals surface area (Å²) < 4.78 is 0. The molecule has 1 rings (SSSR count). The van der Waals surface area contributed by atoms with Gasteiger partial charge in [0.25, 0.3) is 0 Å². The van der Waals surface area contributed by atoms with Gasteiger partial charge in [0.1, 0.15) is 0 Å². The molecule has 14 heavy (non-hydrogen) atoms. The van der Waals surface area contributed by atoms with Gasteiger partial charge in [-0.25, -0.2) is 0 Å². The van der Waals surface area contributed by atoms with Crippen LogP contribution in [-0.4, -0.2) is 11.2 Å². The van der Waals surface area contributed by atoms with Crippen molar-refractivity contribution >= 4 is 0 Å². The summed E-state index contributed by atoms with van der Waals surface area (Å²) in [5.74, 6) is 0.417.